The first kappa shape index (κ1) is 26.7. The van der Waals surface area contributed by atoms with Crippen molar-refractivity contribution in [1.82, 2.24) is 4.90 Å². The largest absolute Gasteiger partial charge is 0.457 e. The maximum Gasteiger partial charge on any atom is 0.247 e. The fourth-order valence-corrected chi connectivity index (χ4v) is 7.94. The number of nitrogens with one attached hydrogen (secondary N) is 1. The van der Waals surface area contributed by atoms with Crippen LogP contribution in [0.15, 0.2) is 97.1 Å². The maximum absolute atomic E-state index is 14.1. The van der Waals surface area contributed by atoms with Crippen LogP contribution in [0.1, 0.15) is 34.7 Å². The summed E-state index contributed by atoms with van der Waals surface area (Å²) in [5.41, 5.74) is 4.37. The number of benzene rings is 4. The summed E-state index contributed by atoms with van der Waals surface area (Å²) in [6, 6.07) is 28.4. The monoisotopic (exact) mass is 596 g/mol. The molecule has 0 saturated carbocycles. The van der Waals surface area contributed by atoms with Crippen molar-refractivity contribution in [2.45, 2.75) is 29.6 Å². The molecule has 0 spiro atoms. The van der Waals surface area contributed by atoms with Crippen molar-refractivity contribution in [3.8, 4) is 11.5 Å². The van der Waals surface area contributed by atoms with E-state index in [1.165, 1.54) is 0 Å². The van der Waals surface area contributed by atoms with Crippen LogP contribution in [0.4, 0.5) is 5.69 Å². The number of halogens is 2. The van der Waals surface area contributed by atoms with Gasteiger partial charge in [0.2, 0.25) is 17.7 Å². The average molecular weight is 597 g/mol. The summed E-state index contributed by atoms with van der Waals surface area (Å²) in [6.45, 7) is 3.51. The summed E-state index contributed by atoms with van der Waals surface area (Å²) in [7, 11) is 0. The Morgan fingerprint density at radius 2 is 1.21 bits per heavy atom. The summed E-state index contributed by atoms with van der Waals surface area (Å²) in [4.78, 5) is 40.1. The number of nitrogens with zero attached hydrogens (tertiary/aromatic N) is 1. The van der Waals surface area contributed by atoms with Crippen molar-refractivity contribution in [3.05, 3.63) is 125 Å². The van der Waals surface area contributed by atoms with Gasteiger partial charge < -0.3 is 10.1 Å². The van der Waals surface area contributed by atoms with Crippen LogP contribution in [0.5, 0.6) is 11.5 Å². The second-order valence-corrected chi connectivity index (χ2v) is 12.3. The zero-order valence-corrected chi connectivity index (χ0v) is 24.3. The number of ether oxygens (including phenoxy) is 1. The number of hydrogen-bond acceptors (Lipinski definition) is 4. The Hall–Kier alpha value is -4.13. The van der Waals surface area contributed by atoms with Gasteiger partial charge in [0.05, 0.1) is 11.8 Å². The highest BCUT2D eigenvalue weighted by Gasteiger charge is 2.73. The highest BCUT2D eigenvalue weighted by molar-refractivity contribution is 6.36. The smallest absolute Gasteiger partial charge is 0.247 e. The van der Waals surface area contributed by atoms with Crippen molar-refractivity contribution >= 4 is 46.6 Å². The number of amides is 3. The van der Waals surface area contributed by atoms with Crippen LogP contribution >= 0.6 is 23.2 Å². The van der Waals surface area contributed by atoms with E-state index in [2.05, 4.69) is 5.32 Å². The molecule has 1 fully saturated rings. The van der Waals surface area contributed by atoms with E-state index in [-0.39, 0.29) is 0 Å². The molecule has 6 nitrogen and oxygen atoms in total. The van der Waals surface area contributed by atoms with Crippen LogP contribution in [0, 0.1) is 18.8 Å². The number of rotatable bonds is 5. The van der Waals surface area contributed by atoms with Gasteiger partial charge in [-0.1, -0.05) is 66.7 Å². The van der Waals surface area contributed by atoms with Crippen molar-refractivity contribution in [2.24, 2.45) is 11.8 Å². The van der Waals surface area contributed by atoms with Crippen molar-refractivity contribution < 1.29 is 19.1 Å². The molecule has 1 saturated heterocycles. The number of carbonyl (C=O) groups excluding carboxylic acids is 3. The van der Waals surface area contributed by atoms with Gasteiger partial charge in [-0.2, -0.15) is 0 Å². The fraction of sp³-hybridized carbons (Fsp3) is 0.206. The van der Waals surface area contributed by atoms with E-state index >= 15 is 0 Å². The standard InChI is InChI=1S/C34H26Cl2N2O4/c1-19-9-3-8-14-27(19)42-22-17-15-21(16-18-22)37-30(39)20(2)38-31(40)28-29(32(38)41)34(36)24-11-5-4-10-23(24)33(28,35)25-12-6-7-13-26(25)34/h3-18,20,28-29H,1-2H3,(H,37,39)/t20-,28-,29-,33?,34?/m0/s1. The quantitative estimate of drug-likeness (QED) is 0.205. The predicted molar refractivity (Wildman–Crippen MR) is 161 cm³/mol. The molecular weight excluding hydrogens is 571 g/mol. The van der Waals surface area contributed by atoms with E-state index in [0.717, 1.165) is 38.5 Å². The van der Waals surface area contributed by atoms with E-state index in [0.29, 0.717) is 11.4 Å². The highest BCUT2D eigenvalue weighted by atomic mass is 35.5. The molecule has 42 heavy (non-hydrogen) atoms. The number of anilines is 1. The van der Waals surface area contributed by atoms with Gasteiger partial charge >= 0.3 is 0 Å². The Kier molecular flexibility index (Phi) is 6.02. The fourth-order valence-electron chi connectivity index (χ4n) is 6.84. The molecule has 1 N–H and O–H groups in total. The molecule has 4 aromatic carbocycles. The third kappa shape index (κ3) is 3.55. The van der Waals surface area contributed by atoms with Crippen molar-refractivity contribution in [3.63, 3.8) is 0 Å². The molecule has 4 aliphatic rings. The van der Waals surface area contributed by atoms with Crippen LogP contribution < -0.4 is 10.1 Å². The summed E-state index contributed by atoms with van der Waals surface area (Å²) in [5, 5.41) is 2.83. The molecule has 210 valence electrons. The maximum atomic E-state index is 14.1. The number of likely N-dealkylation sites (tertiary alicyclic amines) is 1. The van der Waals surface area contributed by atoms with Gasteiger partial charge in [0.15, 0.2) is 0 Å². The second kappa shape index (κ2) is 9.45. The van der Waals surface area contributed by atoms with Crippen LogP contribution in [-0.2, 0) is 24.1 Å². The zero-order chi connectivity index (χ0) is 29.4. The number of imide groups is 1. The van der Waals surface area contributed by atoms with E-state index < -0.39 is 45.3 Å². The molecule has 0 radical (unpaired) electrons. The van der Waals surface area contributed by atoms with Gasteiger partial charge in [-0.25, -0.2) is 0 Å². The first-order valence-corrected chi connectivity index (χ1v) is 14.5. The normalized spacial score (nSPS) is 25.9. The second-order valence-electron chi connectivity index (χ2n) is 11.1. The zero-order valence-electron chi connectivity index (χ0n) is 22.8. The minimum atomic E-state index is -1.29. The van der Waals surface area contributed by atoms with E-state index in [4.69, 9.17) is 27.9 Å². The average Bonchev–Trinajstić information content (AvgIpc) is 3.28. The SMILES string of the molecule is Cc1ccccc1Oc1ccc(NC(=O)[C@H](C)N2C(=O)[C@@H]3[C@@H](C2=O)C2(Cl)c4ccccc4C3(Cl)c3ccccc32)cc1. The van der Waals surface area contributed by atoms with Gasteiger partial charge in [0.1, 0.15) is 27.3 Å². The molecule has 3 aliphatic carbocycles. The molecule has 0 unspecified atom stereocenters. The lowest BCUT2D eigenvalue weighted by Gasteiger charge is -2.54. The summed E-state index contributed by atoms with van der Waals surface area (Å²) in [6.07, 6.45) is 0. The predicted octanol–water partition coefficient (Wildman–Crippen LogP) is 6.71. The molecule has 3 amide bonds. The van der Waals surface area contributed by atoms with Gasteiger partial charge in [0, 0.05) is 5.69 Å². The Labute approximate surface area is 253 Å². The summed E-state index contributed by atoms with van der Waals surface area (Å²) in [5.74, 6) is -2.07. The minimum absolute atomic E-state index is 0.501. The van der Waals surface area contributed by atoms with Gasteiger partial charge in [-0.3, -0.25) is 19.3 Å². The van der Waals surface area contributed by atoms with E-state index in [1.807, 2.05) is 79.7 Å². The molecule has 3 atom stereocenters. The van der Waals surface area contributed by atoms with Gasteiger partial charge in [-0.05, 0) is 72.0 Å². The number of hydrogen-bond donors (Lipinski definition) is 1. The minimum Gasteiger partial charge on any atom is -0.457 e. The lowest BCUT2D eigenvalue weighted by atomic mass is 9.54. The topological polar surface area (TPSA) is 75.7 Å². The third-order valence-corrected chi connectivity index (χ3v) is 10.1. The molecule has 1 heterocycles. The molecule has 4 aromatic rings. The number of para-hydroxylation sites is 1. The lowest BCUT2D eigenvalue weighted by Crippen LogP contribution is -2.57. The number of carbonyl (C=O) groups is 3. The van der Waals surface area contributed by atoms with Crippen molar-refractivity contribution in [1.29, 1.82) is 0 Å². The highest BCUT2D eigenvalue weighted by Crippen LogP contribution is 2.69. The number of aryl methyl sites for hydroxylation is 1. The Morgan fingerprint density at radius 1 is 0.762 bits per heavy atom. The first-order chi connectivity index (χ1) is 20.2. The Bertz CT molecular complexity index is 1670. The molecule has 1 aliphatic heterocycles. The van der Waals surface area contributed by atoms with Crippen LogP contribution in [0.25, 0.3) is 0 Å². The van der Waals surface area contributed by atoms with Gasteiger partial charge in [0.25, 0.3) is 0 Å². The molecule has 0 aromatic heterocycles. The summed E-state index contributed by atoms with van der Waals surface area (Å²) >= 11 is 14.9. The van der Waals surface area contributed by atoms with Gasteiger partial charge in [-0.15, -0.1) is 23.2 Å². The van der Waals surface area contributed by atoms with E-state index in [1.54, 1.807) is 31.2 Å². The number of alkyl halides is 2. The Balaban J connectivity index is 1.17. The molecular formula is C34H26Cl2N2O4. The van der Waals surface area contributed by atoms with Crippen LogP contribution in [-0.4, -0.2) is 28.7 Å². The van der Waals surface area contributed by atoms with E-state index in [9.17, 15) is 14.4 Å². The summed E-state index contributed by atoms with van der Waals surface area (Å²) < 4.78 is 5.94. The Morgan fingerprint density at radius 3 is 1.69 bits per heavy atom. The molecule has 8 rings (SSSR count). The molecule has 2 bridgehead atoms. The van der Waals surface area contributed by atoms with Crippen LogP contribution in [0.2, 0.25) is 0 Å². The first-order valence-electron chi connectivity index (χ1n) is 13.8. The van der Waals surface area contributed by atoms with Crippen molar-refractivity contribution in [2.75, 3.05) is 5.32 Å². The van der Waals surface area contributed by atoms with Crippen LogP contribution in [0.3, 0.4) is 0 Å². The molecule has 8 heteroatoms. The third-order valence-electron chi connectivity index (χ3n) is 8.83. The lowest BCUT2D eigenvalue weighted by molar-refractivity contribution is -0.146.